The van der Waals surface area contributed by atoms with Gasteiger partial charge in [-0.15, -0.1) is 11.3 Å². The quantitative estimate of drug-likeness (QED) is 0.596. The van der Waals surface area contributed by atoms with Crippen molar-refractivity contribution in [3.8, 4) is 10.6 Å². The largest absolute Gasteiger partial charge is 0.335 e. The maximum absolute atomic E-state index is 14.0. The molecule has 2 heterocycles. The Morgan fingerprint density at radius 2 is 1.74 bits per heavy atom. The summed E-state index contributed by atoms with van der Waals surface area (Å²) in [6.07, 6.45) is 0. The van der Waals surface area contributed by atoms with E-state index in [1.165, 1.54) is 21.7 Å². The molecule has 1 aromatic heterocycles. The van der Waals surface area contributed by atoms with Gasteiger partial charge in [0.1, 0.15) is 16.5 Å². The first-order valence-electron chi connectivity index (χ1n) is 9.84. The lowest BCUT2D eigenvalue weighted by atomic mass is 10.1. The van der Waals surface area contributed by atoms with E-state index in [-0.39, 0.29) is 48.5 Å². The Hall–Kier alpha value is -2.62. The van der Waals surface area contributed by atoms with Gasteiger partial charge in [0.2, 0.25) is 10.0 Å². The molecule has 2 aromatic carbocycles. The summed E-state index contributed by atoms with van der Waals surface area (Å²) in [5, 5.41) is 2.06. The molecule has 4 rings (SSSR count). The van der Waals surface area contributed by atoms with Gasteiger partial charge in [0.15, 0.2) is 0 Å². The molecule has 0 radical (unpaired) electrons. The highest BCUT2D eigenvalue weighted by atomic mass is 32.2. The number of nitrogens with zero attached hydrogens (tertiary/aromatic N) is 3. The van der Waals surface area contributed by atoms with E-state index in [4.69, 9.17) is 0 Å². The molecule has 6 nitrogen and oxygen atoms in total. The highest BCUT2D eigenvalue weighted by molar-refractivity contribution is 7.89. The van der Waals surface area contributed by atoms with Crippen molar-refractivity contribution in [2.24, 2.45) is 0 Å². The fraction of sp³-hybridized carbons (Fsp3) is 0.273. The Balaban J connectivity index is 1.45. The first kappa shape index (κ1) is 21.6. The molecule has 0 bridgehead atoms. The maximum Gasteiger partial charge on any atom is 0.273 e. The molecule has 9 heteroatoms. The minimum absolute atomic E-state index is 0.214. The average molecular weight is 460 g/mol. The van der Waals surface area contributed by atoms with E-state index in [1.807, 2.05) is 13.8 Å². The van der Waals surface area contributed by atoms with Crippen LogP contribution in [0.2, 0.25) is 0 Å². The molecule has 0 saturated carbocycles. The first-order valence-corrected chi connectivity index (χ1v) is 12.2. The molecule has 0 aliphatic carbocycles. The number of piperazine rings is 1. The summed E-state index contributed by atoms with van der Waals surface area (Å²) >= 11 is 1.21. The molecule has 1 saturated heterocycles. The molecule has 0 unspecified atom stereocenters. The van der Waals surface area contributed by atoms with Crippen LogP contribution in [-0.2, 0) is 10.0 Å². The predicted molar refractivity (Wildman–Crippen MR) is 118 cm³/mol. The van der Waals surface area contributed by atoms with Crippen LogP contribution in [0.4, 0.5) is 4.39 Å². The zero-order valence-electron chi connectivity index (χ0n) is 17.2. The fourth-order valence-corrected chi connectivity index (χ4v) is 5.78. The SMILES string of the molecule is Cc1ccc(S(=O)(=O)N2CCN(C(=O)c3csc(-c4ccccc4F)n3)CC2)cc1C. The van der Waals surface area contributed by atoms with Crippen molar-refractivity contribution < 1.29 is 17.6 Å². The van der Waals surface area contributed by atoms with Gasteiger partial charge in [0.05, 0.1) is 4.90 Å². The van der Waals surface area contributed by atoms with E-state index in [2.05, 4.69) is 4.98 Å². The molecule has 1 aliphatic heterocycles. The predicted octanol–water partition coefficient (Wildman–Crippen LogP) is 3.71. The number of halogens is 1. The second-order valence-electron chi connectivity index (χ2n) is 7.46. The Morgan fingerprint density at radius 3 is 2.42 bits per heavy atom. The summed E-state index contributed by atoms with van der Waals surface area (Å²) in [4.78, 5) is 19.0. The Morgan fingerprint density at radius 1 is 1.03 bits per heavy atom. The van der Waals surface area contributed by atoms with Crippen LogP contribution in [-0.4, -0.2) is 54.7 Å². The van der Waals surface area contributed by atoms with Gasteiger partial charge in [0.25, 0.3) is 5.91 Å². The molecule has 1 fully saturated rings. The molecule has 162 valence electrons. The van der Waals surface area contributed by atoms with Gasteiger partial charge in [-0.1, -0.05) is 18.2 Å². The number of carbonyl (C=O) groups is 1. The smallest absolute Gasteiger partial charge is 0.273 e. The third-order valence-corrected chi connectivity index (χ3v) is 8.24. The lowest BCUT2D eigenvalue weighted by Crippen LogP contribution is -2.50. The zero-order chi connectivity index (χ0) is 22.2. The molecular formula is C22H22FN3O3S2. The van der Waals surface area contributed by atoms with Crippen molar-refractivity contribution in [1.82, 2.24) is 14.2 Å². The third kappa shape index (κ3) is 4.26. The van der Waals surface area contributed by atoms with Crippen molar-refractivity contribution in [2.45, 2.75) is 18.7 Å². The topological polar surface area (TPSA) is 70.6 Å². The number of hydrogen-bond acceptors (Lipinski definition) is 5. The van der Waals surface area contributed by atoms with Crippen LogP contribution in [0, 0.1) is 19.7 Å². The minimum atomic E-state index is -3.61. The Bertz CT molecular complexity index is 1230. The number of thiazole rings is 1. The molecular weight excluding hydrogens is 437 g/mol. The number of aromatic nitrogens is 1. The Labute approximate surface area is 185 Å². The second-order valence-corrected chi connectivity index (χ2v) is 10.3. The van der Waals surface area contributed by atoms with Crippen molar-refractivity contribution >= 4 is 27.3 Å². The molecule has 3 aromatic rings. The van der Waals surface area contributed by atoms with Crippen molar-refractivity contribution in [2.75, 3.05) is 26.2 Å². The van der Waals surface area contributed by atoms with Gasteiger partial charge in [-0.25, -0.2) is 17.8 Å². The van der Waals surface area contributed by atoms with Crippen LogP contribution in [0.1, 0.15) is 21.6 Å². The van der Waals surface area contributed by atoms with E-state index < -0.39 is 10.0 Å². The number of aryl methyl sites for hydroxylation is 2. The monoisotopic (exact) mass is 459 g/mol. The summed E-state index contributed by atoms with van der Waals surface area (Å²) < 4.78 is 41.3. The summed E-state index contributed by atoms with van der Waals surface area (Å²) in [6.45, 7) is 4.79. The fourth-order valence-electron chi connectivity index (χ4n) is 3.45. The maximum atomic E-state index is 14.0. The second kappa shape index (κ2) is 8.49. The van der Waals surface area contributed by atoms with E-state index in [1.54, 1.807) is 46.7 Å². The van der Waals surface area contributed by atoms with Crippen molar-refractivity contribution in [1.29, 1.82) is 0 Å². The van der Waals surface area contributed by atoms with E-state index in [0.29, 0.717) is 10.6 Å². The number of sulfonamides is 1. The molecule has 31 heavy (non-hydrogen) atoms. The van der Waals surface area contributed by atoms with Gasteiger partial charge >= 0.3 is 0 Å². The lowest BCUT2D eigenvalue weighted by Gasteiger charge is -2.33. The van der Waals surface area contributed by atoms with Gasteiger partial charge < -0.3 is 4.90 Å². The molecule has 1 aliphatic rings. The average Bonchev–Trinajstić information content (AvgIpc) is 3.25. The molecule has 0 N–H and O–H groups in total. The summed E-state index contributed by atoms with van der Waals surface area (Å²) in [7, 11) is -3.61. The molecule has 1 amide bonds. The molecule has 0 atom stereocenters. The van der Waals surface area contributed by atoms with E-state index >= 15 is 0 Å². The third-order valence-electron chi connectivity index (χ3n) is 5.47. The molecule has 0 spiro atoms. The number of carbonyl (C=O) groups excluding carboxylic acids is 1. The van der Waals surface area contributed by atoms with Crippen LogP contribution < -0.4 is 0 Å². The van der Waals surface area contributed by atoms with Crippen LogP contribution >= 0.6 is 11.3 Å². The number of amides is 1. The van der Waals surface area contributed by atoms with Crippen molar-refractivity contribution in [3.63, 3.8) is 0 Å². The van der Waals surface area contributed by atoms with Crippen LogP contribution in [0.15, 0.2) is 52.7 Å². The van der Waals surface area contributed by atoms with Gasteiger partial charge in [-0.05, 0) is 49.2 Å². The van der Waals surface area contributed by atoms with Crippen molar-refractivity contribution in [3.05, 3.63) is 70.5 Å². The minimum Gasteiger partial charge on any atom is -0.335 e. The number of hydrogen-bond donors (Lipinski definition) is 0. The number of benzene rings is 2. The summed E-state index contributed by atoms with van der Waals surface area (Å²) in [5.41, 5.74) is 2.56. The van der Waals surface area contributed by atoms with Gasteiger partial charge in [-0.3, -0.25) is 4.79 Å². The standard InChI is InChI=1S/C22H22FN3O3S2/c1-15-7-8-17(13-16(15)2)31(28,29)26-11-9-25(10-12-26)22(27)20-14-30-21(24-20)18-5-3-4-6-19(18)23/h3-8,13-14H,9-12H2,1-2H3. The van der Waals surface area contributed by atoms with E-state index in [9.17, 15) is 17.6 Å². The van der Waals surface area contributed by atoms with Crippen LogP contribution in [0.5, 0.6) is 0 Å². The first-order chi connectivity index (χ1) is 14.8. The normalized spacial score (nSPS) is 15.3. The highest BCUT2D eigenvalue weighted by Gasteiger charge is 2.31. The zero-order valence-corrected chi connectivity index (χ0v) is 18.8. The van der Waals surface area contributed by atoms with Gasteiger partial charge in [0, 0.05) is 37.1 Å². The van der Waals surface area contributed by atoms with E-state index in [0.717, 1.165) is 11.1 Å². The summed E-state index contributed by atoms with van der Waals surface area (Å²) in [6, 6.07) is 11.4. The summed E-state index contributed by atoms with van der Waals surface area (Å²) in [5.74, 6) is -0.664. The Kier molecular flexibility index (Phi) is 5.92. The number of rotatable bonds is 4. The highest BCUT2D eigenvalue weighted by Crippen LogP contribution is 2.27. The lowest BCUT2D eigenvalue weighted by molar-refractivity contribution is 0.0693. The van der Waals surface area contributed by atoms with Gasteiger partial charge in [-0.2, -0.15) is 4.31 Å². The van der Waals surface area contributed by atoms with Crippen LogP contribution in [0.3, 0.4) is 0 Å². The van der Waals surface area contributed by atoms with Crippen LogP contribution in [0.25, 0.3) is 10.6 Å².